The molecule has 0 amide bonds. The van der Waals surface area contributed by atoms with Gasteiger partial charge in [0, 0.05) is 43.2 Å². The molecule has 2 heterocycles. The van der Waals surface area contributed by atoms with Gasteiger partial charge in [0.2, 0.25) is 0 Å². The zero-order chi connectivity index (χ0) is 20.8. The van der Waals surface area contributed by atoms with Crippen LogP contribution in [-0.2, 0) is 11.3 Å². The normalized spacial score (nSPS) is 15.8. The van der Waals surface area contributed by atoms with Crippen molar-refractivity contribution in [3.05, 3.63) is 70.7 Å². The van der Waals surface area contributed by atoms with E-state index < -0.39 is 0 Å². The molecular formula is C24H29N3O2S. The second-order valence-corrected chi connectivity index (χ2v) is 8.44. The summed E-state index contributed by atoms with van der Waals surface area (Å²) in [6.45, 7) is 7.22. The van der Waals surface area contributed by atoms with Crippen molar-refractivity contribution in [3.63, 3.8) is 0 Å². The lowest BCUT2D eigenvalue weighted by atomic mass is 10.0. The Morgan fingerprint density at radius 1 is 1.10 bits per heavy atom. The van der Waals surface area contributed by atoms with Gasteiger partial charge in [0.15, 0.2) is 0 Å². The van der Waals surface area contributed by atoms with Gasteiger partial charge >= 0.3 is 0 Å². The molecule has 1 unspecified atom stereocenters. The Kier molecular flexibility index (Phi) is 7.12. The highest BCUT2D eigenvalue weighted by atomic mass is 32.1. The molecule has 1 saturated heterocycles. The van der Waals surface area contributed by atoms with Crippen molar-refractivity contribution >= 4 is 11.3 Å². The highest BCUT2D eigenvalue weighted by molar-refractivity contribution is 7.13. The molecular weight excluding hydrogens is 394 g/mol. The topological polar surface area (TPSA) is 46.6 Å². The average molecular weight is 424 g/mol. The van der Waals surface area contributed by atoms with E-state index in [9.17, 15) is 0 Å². The number of aryl methyl sites for hydroxylation is 1. The van der Waals surface area contributed by atoms with E-state index in [1.165, 1.54) is 16.7 Å². The van der Waals surface area contributed by atoms with Crippen LogP contribution in [0, 0.1) is 6.92 Å². The maximum Gasteiger partial charge on any atom is 0.123 e. The number of nitrogens with one attached hydrogen (secondary N) is 1. The van der Waals surface area contributed by atoms with Crippen molar-refractivity contribution in [2.24, 2.45) is 0 Å². The quantitative estimate of drug-likeness (QED) is 0.586. The summed E-state index contributed by atoms with van der Waals surface area (Å²) in [5.74, 6) is 0.888. The largest absolute Gasteiger partial charge is 0.497 e. The van der Waals surface area contributed by atoms with Gasteiger partial charge in [-0.3, -0.25) is 4.90 Å². The van der Waals surface area contributed by atoms with Gasteiger partial charge in [0.1, 0.15) is 10.8 Å². The van der Waals surface area contributed by atoms with Crippen molar-refractivity contribution in [2.45, 2.75) is 19.5 Å². The van der Waals surface area contributed by atoms with Crippen molar-refractivity contribution in [2.75, 3.05) is 40.0 Å². The first kappa shape index (κ1) is 21.0. The lowest BCUT2D eigenvalue weighted by Gasteiger charge is -2.35. The summed E-state index contributed by atoms with van der Waals surface area (Å²) in [4.78, 5) is 7.32. The highest BCUT2D eigenvalue weighted by Crippen LogP contribution is 2.25. The summed E-state index contributed by atoms with van der Waals surface area (Å²) >= 11 is 1.70. The van der Waals surface area contributed by atoms with Gasteiger partial charge in [-0.05, 0) is 24.6 Å². The third-order valence-corrected chi connectivity index (χ3v) is 6.42. The number of aromatic nitrogens is 1. The van der Waals surface area contributed by atoms with Crippen LogP contribution in [0.4, 0.5) is 0 Å². The molecule has 0 radical (unpaired) electrons. The third kappa shape index (κ3) is 5.26. The fraction of sp³-hybridized carbons (Fsp3) is 0.375. The second kappa shape index (κ2) is 10.2. The van der Waals surface area contributed by atoms with Crippen molar-refractivity contribution in [1.29, 1.82) is 0 Å². The van der Waals surface area contributed by atoms with Crippen LogP contribution in [0.1, 0.15) is 22.9 Å². The van der Waals surface area contributed by atoms with Gasteiger partial charge in [0.25, 0.3) is 0 Å². The Hall–Kier alpha value is -2.25. The maximum absolute atomic E-state index is 5.56. The predicted octanol–water partition coefficient (Wildman–Crippen LogP) is 4.29. The Morgan fingerprint density at radius 2 is 1.83 bits per heavy atom. The van der Waals surface area contributed by atoms with Crippen LogP contribution in [-0.4, -0.2) is 49.8 Å². The molecule has 6 heteroatoms. The molecule has 158 valence electrons. The minimum atomic E-state index is 0.301. The monoisotopic (exact) mass is 423 g/mol. The summed E-state index contributed by atoms with van der Waals surface area (Å²) < 4.78 is 10.9. The number of methoxy groups -OCH3 is 1. The van der Waals surface area contributed by atoms with Crippen LogP contribution < -0.4 is 10.1 Å². The highest BCUT2D eigenvalue weighted by Gasteiger charge is 2.22. The molecule has 1 aliphatic rings. The van der Waals surface area contributed by atoms with E-state index in [0.29, 0.717) is 6.04 Å². The van der Waals surface area contributed by atoms with Crippen molar-refractivity contribution in [3.8, 4) is 16.3 Å². The number of morpholine rings is 1. The van der Waals surface area contributed by atoms with Gasteiger partial charge in [0.05, 0.1) is 26.0 Å². The summed E-state index contributed by atoms with van der Waals surface area (Å²) in [6.07, 6.45) is 0. The number of rotatable bonds is 8. The summed E-state index contributed by atoms with van der Waals surface area (Å²) in [7, 11) is 1.70. The number of hydrogen-bond acceptors (Lipinski definition) is 6. The van der Waals surface area contributed by atoms with Crippen LogP contribution in [0.2, 0.25) is 0 Å². The van der Waals surface area contributed by atoms with Crippen LogP contribution in [0.15, 0.2) is 53.9 Å². The molecule has 1 aromatic heterocycles. The number of thiazole rings is 1. The lowest BCUT2D eigenvalue weighted by molar-refractivity contribution is 0.0161. The van der Waals surface area contributed by atoms with Crippen LogP contribution in [0.25, 0.3) is 10.6 Å². The van der Waals surface area contributed by atoms with E-state index in [1.807, 2.05) is 12.1 Å². The smallest absolute Gasteiger partial charge is 0.123 e. The van der Waals surface area contributed by atoms with Gasteiger partial charge < -0.3 is 14.8 Å². The predicted molar refractivity (Wildman–Crippen MR) is 122 cm³/mol. The molecule has 4 rings (SSSR count). The maximum atomic E-state index is 5.56. The molecule has 0 spiro atoms. The number of nitrogens with zero attached hydrogens (tertiary/aromatic N) is 2. The molecule has 3 aromatic rings. The van der Waals surface area contributed by atoms with Gasteiger partial charge in [-0.2, -0.15) is 0 Å². The fourth-order valence-corrected chi connectivity index (χ4v) is 4.55. The first-order chi connectivity index (χ1) is 14.7. The Labute approximate surface area is 182 Å². The molecule has 0 aliphatic carbocycles. The number of benzene rings is 2. The summed E-state index contributed by atoms with van der Waals surface area (Å²) in [5, 5.41) is 6.86. The first-order valence-corrected chi connectivity index (χ1v) is 11.3. The van der Waals surface area contributed by atoms with Gasteiger partial charge in [-0.25, -0.2) is 4.98 Å². The zero-order valence-corrected chi connectivity index (χ0v) is 18.5. The number of hydrogen-bond donors (Lipinski definition) is 1. The Morgan fingerprint density at radius 3 is 2.53 bits per heavy atom. The zero-order valence-electron chi connectivity index (χ0n) is 17.6. The van der Waals surface area contributed by atoms with E-state index in [4.69, 9.17) is 14.5 Å². The lowest BCUT2D eigenvalue weighted by Crippen LogP contribution is -2.42. The molecule has 1 fully saturated rings. The minimum Gasteiger partial charge on any atom is -0.497 e. The summed E-state index contributed by atoms with van der Waals surface area (Å²) in [5.41, 5.74) is 4.83. The minimum absolute atomic E-state index is 0.301. The summed E-state index contributed by atoms with van der Waals surface area (Å²) in [6, 6.07) is 17.3. The molecule has 2 aromatic carbocycles. The Bertz CT molecular complexity index is 918. The van der Waals surface area contributed by atoms with E-state index in [0.717, 1.165) is 55.8 Å². The SMILES string of the molecule is COc1ccc(C(CNCc2csc(-c3ccc(C)cc3)n2)N2CCOCC2)cc1. The average Bonchev–Trinajstić information content (AvgIpc) is 3.27. The van der Waals surface area contributed by atoms with E-state index in [1.54, 1.807) is 18.4 Å². The van der Waals surface area contributed by atoms with E-state index in [2.05, 4.69) is 58.9 Å². The third-order valence-electron chi connectivity index (χ3n) is 5.48. The molecule has 0 saturated carbocycles. The molecule has 1 atom stereocenters. The van der Waals surface area contributed by atoms with Crippen LogP contribution in [0.5, 0.6) is 5.75 Å². The van der Waals surface area contributed by atoms with Crippen LogP contribution >= 0.6 is 11.3 Å². The molecule has 0 bridgehead atoms. The van der Waals surface area contributed by atoms with Gasteiger partial charge in [-0.15, -0.1) is 11.3 Å². The Balaban J connectivity index is 1.40. The number of ether oxygens (including phenoxy) is 2. The second-order valence-electron chi connectivity index (χ2n) is 7.58. The fourth-order valence-electron chi connectivity index (χ4n) is 3.73. The van der Waals surface area contributed by atoms with Crippen molar-refractivity contribution in [1.82, 2.24) is 15.2 Å². The van der Waals surface area contributed by atoms with E-state index >= 15 is 0 Å². The van der Waals surface area contributed by atoms with Crippen LogP contribution in [0.3, 0.4) is 0 Å². The molecule has 30 heavy (non-hydrogen) atoms. The molecule has 1 N–H and O–H groups in total. The van der Waals surface area contributed by atoms with Crippen molar-refractivity contribution < 1.29 is 9.47 Å². The molecule has 5 nitrogen and oxygen atoms in total. The standard InChI is InChI=1S/C24H29N3O2S/c1-18-3-5-20(6-4-18)24-26-21(17-30-24)15-25-16-23(27-11-13-29-14-12-27)19-7-9-22(28-2)10-8-19/h3-10,17,23,25H,11-16H2,1-2H3. The molecule has 1 aliphatic heterocycles. The van der Waals surface area contributed by atoms with E-state index in [-0.39, 0.29) is 0 Å². The van der Waals surface area contributed by atoms with Gasteiger partial charge in [-0.1, -0.05) is 42.0 Å². The first-order valence-electron chi connectivity index (χ1n) is 10.4.